The lowest BCUT2D eigenvalue weighted by Gasteiger charge is -2.26. The second kappa shape index (κ2) is 10.4. The summed E-state index contributed by atoms with van der Waals surface area (Å²) in [6.45, 7) is 5.16. The van der Waals surface area contributed by atoms with Crippen LogP contribution >= 0.6 is 0 Å². The molecule has 13 rings (SSSR count). The van der Waals surface area contributed by atoms with Gasteiger partial charge < -0.3 is 0 Å². The van der Waals surface area contributed by atoms with Gasteiger partial charge in [-0.1, -0.05) is 183 Å². The van der Waals surface area contributed by atoms with Crippen LogP contribution in [0.2, 0.25) is 13.1 Å². The van der Waals surface area contributed by atoms with Crippen LogP contribution < -0.4 is 10.4 Å². The highest BCUT2D eigenvalue weighted by molar-refractivity contribution is 7.05. The second-order valence-corrected chi connectivity index (χ2v) is 20.5. The normalized spacial score (nSPS) is 13.8. The molecule has 0 spiro atoms. The first kappa shape index (κ1) is 29.9. The summed E-state index contributed by atoms with van der Waals surface area (Å²) in [6, 6.07) is 64.9. The van der Waals surface area contributed by atoms with Crippen molar-refractivity contribution in [2.75, 3.05) is 0 Å². The number of hydrogen-bond donors (Lipinski definition) is 0. The largest absolute Gasteiger partial charge is 0.114 e. The summed E-state index contributed by atoms with van der Waals surface area (Å²) in [7, 11) is -2.15. The third-order valence-corrected chi connectivity index (χ3v) is 16.9. The first-order valence-electron chi connectivity index (χ1n) is 19.5. The summed E-state index contributed by atoms with van der Waals surface area (Å²) < 4.78 is 0. The summed E-state index contributed by atoms with van der Waals surface area (Å²) in [5, 5.41) is 13.9. The third-order valence-electron chi connectivity index (χ3n) is 13.3. The molecule has 0 nitrogen and oxygen atoms in total. The van der Waals surface area contributed by atoms with Gasteiger partial charge in [0.05, 0.1) is 0 Å². The zero-order valence-electron chi connectivity index (χ0n) is 30.7. The van der Waals surface area contributed by atoms with E-state index in [0.717, 1.165) is 0 Å². The van der Waals surface area contributed by atoms with Crippen LogP contribution in [-0.4, -0.2) is 8.07 Å². The molecule has 55 heavy (non-hydrogen) atoms. The Labute approximate surface area is 321 Å². The highest BCUT2D eigenvalue weighted by Gasteiger charge is 2.40. The maximum absolute atomic E-state index is 2.58. The summed E-state index contributed by atoms with van der Waals surface area (Å²) >= 11 is 0. The molecular weight excluding hydrogens is 677 g/mol. The molecule has 10 aromatic carbocycles. The molecule has 10 aromatic rings. The highest BCUT2D eigenvalue weighted by atomic mass is 28.3. The average molecular weight is 711 g/mol. The highest BCUT2D eigenvalue weighted by Crippen LogP contribution is 2.54. The topological polar surface area (TPSA) is 0 Å². The van der Waals surface area contributed by atoms with Crippen LogP contribution in [0.1, 0.15) is 0 Å². The van der Waals surface area contributed by atoms with Gasteiger partial charge in [0.25, 0.3) is 0 Å². The molecule has 3 aliphatic rings. The summed E-state index contributed by atoms with van der Waals surface area (Å²) in [4.78, 5) is 0. The van der Waals surface area contributed by atoms with Crippen LogP contribution in [0.15, 0.2) is 170 Å². The summed E-state index contributed by atoms with van der Waals surface area (Å²) in [5.74, 6) is 0. The molecule has 254 valence electrons. The first-order chi connectivity index (χ1) is 27.1. The van der Waals surface area contributed by atoms with Crippen LogP contribution in [0.3, 0.4) is 0 Å². The van der Waals surface area contributed by atoms with Crippen molar-refractivity contribution in [3.05, 3.63) is 170 Å². The molecule has 0 radical (unpaired) electrons. The molecule has 0 saturated heterocycles. The van der Waals surface area contributed by atoms with Gasteiger partial charge in [0, 0.05) is 0 Å². The van der Waals surface area contributed by atoms with Gasteiger partial charge in [-0.3, -0.25) is 0 Å². The molecule has 1 aliphatic heterocycles. The predicted octanol–water partition coefficient (Wildman–Crippen LogP) is 13.7. The van der Waals surface area contributed by atoms with Crippen molar-refractivity contribution in [2.24, 2.45) is 0 Å². The van der Waals surface area contributed by atoms with Gasteiger partial charge in [-0.15, -0.1) is 0 Å². The lowest BCUT2D eigenvalue weighted by atomic mass is 9.82. The van der Waals surface area contributed by atoms with E-state index in [9.17, 15) is 0 Å². The fraction of sp³-hybridized carbons (Fsp3) is 0.0370. The molecule has 0 aromatic heterocycles. The summed E-state index contributed by atoms with van der Waals surface area (Å²) in [5.41, 5.74) is 18.9. The van der Waals surface area contributed by atoms with Crippen molar-refractivity contribution < 1.29 is 0 Å². The Bertz CT molecular complexity index is 3340. The van der Waals surface area contributed by atoms with Crippen molar-refractivity contribution in [3.63, 3.8) is 0 Å². The van der Waals surface area contributed by atoms with Gasteiger partial charge in [-0.05, 0) is 131 Å². The maximum Gasteiger partial charge on any atom is 0.114 e. The minimum atomic E-state index is -2.15. The van der Waals surface area contributed by atoms with E-state index in [0.29, 0.717) is 0 Å². The van der Waals surface area contributed by atoms with E-state index >= 15 is 0 Å². The number of benzene rings is 10. The van der Waals surface area contributed by atoms with Crippen LogP contribution in [-0.2, 0) is 0 Å². The number of hydrogen-bond acceptors (Lipinski definition) is 0. The smallest absolute Gasteiger partial charge is 0.0623 e. The van der Waals surface area contributed by atoms with Crippen LogP contribution in [0, 0.1) is 0 Å². The zero-order valence-corrected chi connectivity index (χ0v) is 31.7. The lowest BCUT2D eigenvalue weighted by Crippen LogP contribution is -2.49. The Morgan fingerprint density at radius 2 is 0.655 bits per heavy atom. The predicted molar refractivity (Wildman–Crippen MR) is 238 cm³/mol. The molecule has 1 heterocycles. The Morgan fingerprint density at radius 3 is 1.24 bits per heavy atom. The lowest BCUT2D eigenvalue weighted by molar-refractivity contribution is 1.69. The Morgan fingerprint density at radius 1 is 0.255 bits per heavy atom. The van der Waals surface area contributed by atoms with Crippen LogP contribution in [0.5, 0.6) is 0 Å². The number of rotatable bonds is 2. The quantitative estimate of drug-likeness (QED) is 0.124. The first-order valence-corrected chi connectivity index (χ1v) is 22.5. The molecule has 1 heteroatoms. The monoisotopic (exact) mass is 710 g/mol. The van der Waals surface area contributed by atoms with Gasteiger partial charge in [-0.2, -0.15) is 0 Å². The Balaban J connectivity index is 1.22. The molecule has 2 aliphatic carbocycles. The standard InChI is InChI=1S/C54H34Si/c1-55(2)48-24-10-9-17-35(48)46-29-30-47-51(44-27-25-42-33-15-5-3-13-31(33)36-20-11-22-39(44)49(36)42)38-18-7-8-19-41(38)52(53(47)54(46)55)45-28-26-43-34-16-6-4-14-32(34)37-21-12-23-40(45)50(37)43/h3-30H,1-2H3. The zero-order chi connectivity index (χ0) is 36.2. The molecule has 0 fully saturated rings. The van der Waals surface area contributed by atoms with Gasteiger partial charge in [0.1, 0.15) is 8.07 Å². The molecule has 0 atom stereocenters. The van der Waals surface area contributed by atoms with Crippen molar-refractivity contribution in [1.29, 1.82) is 0 Å². The minimum absolute atomic E-state index is 1.31. The van der Waals surface area contributed by atoms with Crippen molar-refractivity contribution >= 4 is 61.5 Å². The SMILES string of the molecule is C[Si]1(C)c2ccccc2-c2ccc3c(-c4ccc5c6c(cccc46)-c4ccccc4-5)c4ccccc4c(-c4ccc5c6c(cccc46)-c4ccccc4-5)c3c21. The van der Waals surface area contributed by atoms with E-state index in [1.807, 2.05) is 0 Å². The van der Waals surface area contributed by atoms with Crippen LogP contribution in [0.25, 0.3) is 121 Å². The maximum atomic E-state index is 2.58. The fourth-order valence-electron chi connectivity index (χ4n) is 11.2. The van der Waals surface area contributed by atoms with Gasteiger partial charge in [-0.25, -0.2) is 0 Å². The Kier molecular flexibility index (Phi) is 5.62. The Hall–Kier alpha value is -6.54. The van der Waals surface area contributed by atoms with E-state index in [2.05, 4.69) is 183 Å². The van der Waals surface area contributed by atoms with Crippen LogP contribution in [0.4, 0.5) is 0 Å². The van der Waals surface area contributed by atoms with Crippen molar-refractivity contribution in [1.82, 2.24) is 0 Å². The molecular formula is C54H34Si. The third kappa shape index (κ3) is 3.63. The minimum Gasteiger partial charge on any atom is -0.0623 e. The van der Waals surface area contributed by atoms with Gasteiger partial charge >= 0.3 is 0 Å². The van der Waals surface area contributed by atoms with E-state index in [4.69, 9.17) is 0 Å². The van der Waals surface area contributed by atoms with E-state index in [-0.39, 0.29) is 0 Å². The molecule has 0 bridgehead atoms. The van der Waals surface area contributed by atoms with E-state index < -0.39 is 8.07 Å². The molecule has 0 N–H and O–H groups in total. The van der Waals surface area contributed by atoms with E-state index in [1.165, 1.54) is 126 Å². The molecule has 0 amide bonds. The fourth-order valence-corrected chi connectivity index (χ4v) is 14.6. The van der Waals surface area contributed by atoms with Gasteiger partial charge in [0.15, 0.2) is 0 Å². The van der Waals surface area contributed by atoms with Crippen molar-refractivity contribution in [2.45, 2.75) is 13.1 Å². The molecule has 0 unspecified atom stereocenters. The second-order valence-electron chi connectivity index (χ2n) is 16.2. The summed E-state index contributed by atoms with van der Waals surface area (Å²) in [6.07, 6.45) is 0. The average Bonchev–Trinajstić information content (AvgIpc) is 3.83. The van der Waals surface area contributed by atoms with E-state index in [1.54, 1.807) is 5.19 Å². The number of fused-ring (bicyclic) bond motifs is 12. The van der Waals surface area contributed by atoms with Crippen molar-refractivity contribution in [3.8, 4) is 77.9 Å². The van der Waals surface area contributed by atoms with Gasteiger partial charge in [0.2, 0.25) is 0 Å². The molecule has 0 saturated carbocycles.